The molecule has 0 atom stereocenters. The zero-order chi connectivity index (χ0) is 11.8. The Kier molecular flexibility index (Phi) is 2.50. The summed E-state index contributed by atoms with van der Waals surface area (Å²) in [5.41, 5.74) is 1.84. The topological polar surface area (TPSA) is 51.0 Å². The zero-order valence-electron chi connectivity index (χ0n) is 9.65. The molecule has 16 heavy (non-hydrogen) atoms. The second-order valence-electron chi connectivity index (χ2n) is 4.74. The maximum atomic E-state index is 11.8. The third-order valence-electron chi connectivity index (χ3n) is 2.17. The number of hydrogen-bond acceptors (Lipinski definition) is 4. The number of fused-ring (bicyclic) bond motifs is 1. The number of esters is 1. The standard InChI is InChI=1S/C12H14N2O2/c1-12(2,3)16-11(15)8-4-5-9-10(6-8)14-7-13-9/h4-5,7H,6H2,1-3H3. The van der Waals surface area contributed by atoms with Gasteiger partial charge in [-0.1, -0.05) is 0 Å². The van der Waals surface area contributed by atoms with Crippen molar-refractivity contribution in [3.63, 3.8) is 0 Å². The number of aliphatic imine (C=N–C) groups is 2. The van der Waals surface area contributed by atoms with Crippen molar-refractivity contribution in [2.24, 2.45) is 9.98 Å². The summed E-state index contributed by atoms with van der Waals surface area (Å²) in [5.74, 6) is -0.280. The Morgan fingerprint density at radius 1 is 1.38 bits per heavy atom. The molecule has 4 heteroatoms. The Hall–Kier alpha value is -1.71. The van der Waals surface area contributed by atoms with Gasteiger partial charge < -0.3 is 4.74 Å². The van der Waals surface area contributed by atoms with Crippen LogP contribution in [0.3, 0.4) is 0 Å². The minimum absolute atomic E-state index is 0.280. The lowest BCUT2D eigenvalue weighted by Crippen LogP contribution is -2.26. The van der Waals surface area contributed by atoms with Crippen molar-refractivity contribution in [2.75, 3.05) is 0 Å². The van der Waals surface area contributed by atoms with E-state index in [1.54, 1.807) is 12.2 Å². The molecule has 0 saturated heterocycles. The highest BCUT2D eigenvalue weighted by atomic mass is 16.6. The van der Waals surface area contributed by atoms with E-state index in [9.17, 15) is 4.79 Å². The molecule has 0 fully saturated rings. The second-order valence-corrected chi connectivity index (χ2v) is 4.74. The third-order valence-corrected chi connectivity index (χ3v) is 2.17. The van der Waals surface area contributed by atoms with Crippen LogP contribution in [-0.4, -0.2) is 23.6 Å². The number of ether oxygens (including phenoxy) is 1. The third kappa shape index (κ3) is 2.27. The minimum atomic E-state index is -0.462. The van der Waals surface area contributed by atoms with Crippen LogP contribution >= 0.6 is 0 Å². The molecule has 0 N–H and O–H groups in total. The molecule has 0 radical (unpaired) electrons. The Morgan fingerprint density at radius 2 is 2.12 bits per heavy atom. The van der Waals surface area contributed by atoms with Gasteiger partial charge in [-0.2, -0.15) is 0 Å². The van der Waals surface area contributed by atoms with E-state index < -0.39 is 5.60 Å². The fourth-order valence-corrected chi connectivity index (χ4v) is 1.48. The molecule has 0 aromatic carbocycles. The molecule has 0 spiro atoms. The van der Waals surface area contributed by atoms with Gasteiger partial charge in [-0.3, -0.25) is 0 Å². The molecule has 4 nitrogen and oxygen atoms in total. The Morgan fingerprint density at radius 3 is 2.81 bits per heavy atom. The van der Waals surface area contributed by atoms with E-state index in [2.05, 4.69) is 9.98 Å². The van der Waals surface area contributed by atoms with Crippen molar-refractivity contribution >= 4 is 18.0 Å². The summed E-state index contributed by atoms with van der Waals surface area (Å²) in [6.45, 7) is 5.56. The van der Waals surface area contributed by atoms with E-state index in [1.165, 1.54) is 6.34 Å². The lowest BCUT2D eigenvalue weighted by molar-refractivity contribution is -0.149. The number of nitrogens with zero attached hydrogens (tertiary/aromatic N) is 2. The highest BCUT2D eigenvalue weighted by molar-refractivity contribution is 6.13. The van der Waals surface area contributed by atoms with E-state index in [1.807, 2.05) is 20.8 Å². The average molecular weight is 218 g/mol. The average Bonchev–Trinajstić information content (AvgIpc) is 2.61. The molecule has 84 valence electrons. The van der Waals surface area contributed by atoms with Gasteiger partial charge in [0.2, 0.25) is 0 Å². The van der Waals surface area contributed by atoms with Crippen LogP contribution in [-0.2, 0) is 9.53 Å². The van der Waals surface area contributed by atoms with Crippen molar-refractivity contribution in [1.29, 1.82) is 0 Å². The van der Waals surface area contributed by atoms with Crippen LogP contribution in [0.4, 0.5) is 0 Å². The van der Waals surface area contributed by atoms with Crippen LogP contribution in [0.25, 0.3) is 0 Å². The number of hydrogen-bond donors (Lipinski definition) is 0. The molecule has 0 amide bonds. The molecule has 0 aromatic heterocycles. The maximum Gasteiger partial charge on any atom is 0.334 e. The SMILES string of the molecule is CC(C)(C)OC(=O)C1=CC=C2N=CN=C2C1. The molecule has 0 unspecified atom stereocenters. The molecular weight excluding hydrogens is 204 g/mol. The molecule has 0 aromatic rings. The van der Waals surface area contributed by atoms with Crippen molar-refractivity contribution in [2.45, 2.75) is 32.8 Å². The largest absolute Gasteiger partial charge is 0.457 e. The molecule has 2 aliphatic rings. The van der Waals surface area contributed by atoms with Gasteiger partial charge in [0.1, 0.15) is 11.9 Å². The summed E-state index contributed by atoms with van der Waals surface area (Å²) in [4.78, 5) is 19.9. The van der Waals surface area contributed by atoms with Crippen LogP contribution in [0, 0.1) is 0 Å². The lowest BCUT2D eigenvalue weighted by atomic mass is 10.0. The van der Waals surface area contributed by atoms with Crippen molar-refractivity contribution in [3.05, 3.63) is 23.4 Å². The summed E-state index contributed by atoms with van der Waals surface area (Å²) in [7, 11) is 0. The molecule has 0 bridgehead atoms. The number of carbonyl (C=O) groups is 1. The van der Waals surface area contributed by atoms with E-state index in [0.717, 1.165) is 11.4 Å². The first kappa shape index (κ1) is 10.8. The maximum absolute atomic E-state index is 11.8. The molecule has 1 aliphatic carbocycles. The summed E-state index contributed by atoms with van der Waals surface area (Å²) >= 11 is 0. The van der Waals surface area contributed by atoms with Gasteiger partial charge in [0.25, 0.3) is 0 Å². The zero-order valence-corrected chi connectivity index (χ0v) is 9.65. The van der Waals surface area contributed by atoms with E-state index in [0.29, 0.717) is 12.0 Å². The quantitative estimate of drug-likeness (QED) is 0.632. The molecule has 0 saturated carbocycles. The van der Waals surface area contributed by atoms with Gasteiger partial charge in [-0.05, 0) is 32.9 Å². The van der Waals surface area contributed by atoms with Gasteiger partial charge >= 0.3 is 5.97 Å². The first-order valence-corrected chi connectivity index (χ1v) is 5.19. The van der Waals surface area contributed by atoms with Gasteiger partial charge in [0, 0.05) is 12.0 Å². The second kappa shape index (κ2) is 3.70. The summed E-state index contributed by atoms with van der Waals surface area (Å²) in [6.07, 6.45) is 5.56. The molecule has 1 heterocycles. The van der Waals surface area contributed by atoms with Gasteiger partial charge in [0.05, 0.1) is 11.4 Å². The fraction of sp³-hybridized carbons (Fsp3) is 0.417. The van der Waals surface area contributed by atoms with Crippen molar-refractivity contribution < 1.29 is 9.53 Å². The van der Waals surface area contributed by atoms with Crippen molar-refractivity contribution in [3.8, 4) is 0 Å². The van der Waals surface area contributed by atoms with Crippen LogP contribution in [0.1, 0.15) is 27.2 Å². The Balaban J connectivity index is 2.11. The fourth-order valence-electron chi connectivity index (χ4n) is 1.48. The predicted molar refractivity (Wildman–Crippen MR) is 62.6 cm³/mol. The number of rotatable bonds is 1. The van der Waals surface area contributed by atoms with E-state index in [-0.39, 0.29) is 5.97 Å². The highest BCUT2D eigenvalue weighted by Crippen LogP contribution is 2.22. The van der Waals surface area contributed by atoms with Crippen LogP contribution in [0.2, 0.25) is 0 Å². The van der Waals surface area contributed by atoms with Gasteiger partial charge in [-0.15, -0.1) is 0 Å². The van der Waals surface area contributed by atoms with Crippen LogP contribution in [0.5, 0.6) is 0 Å². The predicted octanol–water partition coefficient (Wildman–Crippen LogP) is 2.02. The molecule has 2 rings (SSSR count). The first-order chi connectivity index (χ1) is 7.46. The summed E-state index contributed by atoms with van der Waals surface area (Å²) in [5, 5.41) is 0. The normalized spacial score (nSPS) is 18.6. The van der Waals surface area contributed by atoms with Crippen molar-refractivity contribution in [1.82, 2.24) is 0 Å². The monoisotopic (exact) mass is 218 g/mol. The molecular formula is C12H14N2O2. The minimum Gasteiger partial charge on any atom is -0.457 e. The van der Waals surface area contributed by atoms with E-state index >= 15 is 0 Å². The smallest absolute Gasteiger partial charge is 0.334 e. The first-order valence-electron chi connectivity index (χ1n) is 5.19. The summed E-state index contributed by atoms with van der Waals surface area (Å²) in [6, 6.07) is 0. The van der Waals surface area contributed by atoms with Gasteiger partial charge in [0.15, 0.2) is 0 Å². The van der Waals surface area contributed by atoms with Crippen LogP contribution < -0.4 is 0 Å². The number of allylic oxidation sites excluding steroid dienone is 3. The van der Waals surface area contributed by atoms with Crippen LogP contribution in [0.15, 0.2) is 33.4 Å². The molecule has 1 aliphatic heterocycles. The number of carbonyl (C=O) groups excluding carboxylic acids is 1. The summed E-state index contributed by atoms with van der Waals surface area (Å²) < 4.78 is 5.29. The lowest BCUT2D eigenvalue weighted by Gasteiger charge is -2.21. The highest BCUT2D eigenvalue weighted by Gasteiger charge is 2.24. The Bertz CT molecular complexity index is 448. The van der Waals surface area contributed by atoms with Gasteiger partial charge in [-0.25, -0.2) is 14.8 Å². The Labute approximate surface area is 94.4 Å². The van der Waals surface area contributed by atoms with E-state index in [4.69, 9.17) is 4.74 Å².